The Kier molecular flexibility index (Phi) is 5.33. The first-order chi connectivity index (χ1) is 13.9. The van der Waals surface area contributed by atoms with E-state index in [9.17, 15) is 20.0 Å². The summed E-state index contributed by atoms with van der Waals surface area (Å²) in [5, 5.41) is 22.3. The Morgan fingerprint density at radius 3 is 2.72 bits per heavy atom. The molecule has 0 amide bonds. The van der Waals surface area contributed by atoms with Gasteiger partial charge in [0.05, 0.1) is 23.7 Å². The van der Waals surface area contributed by atoms with Gasteiger partial charge in [0.15, 0.2) is 0 Å². The predicted octanol–water partition coefficient (Wildman–Crippen LogP) is 1.22. The van der Waals surface area contributed by atoms with Gasteiger partial charge in [0.1, 0.15) is 17.9 Å². The van der Waals surface area contributed by atoms with Crippen LogP contribution in [0.5, 0.6) is 0 Å². The van der Waals surface area contributed by atoms with Crippen LogP contribution in [0.3, 0.4) is 0 Å². The summed E-state index contributed by atoms with van der Waals surface area (Å²) in [4.78, 5) is 27.9. The molecule has 150 valence electrons. The average Bonchev–Trinajstić information content (AvgIpc) is 3.06. The topological polar surface area (TPSA) is 105 Å². The third kappa shape index (κ3) is 4.01. The van der Waals surface area contributed by atoms with Crippen LogP contribution in [0.2, 0.25) is 0 Å². The molecule has 0 spiro atoms. The van der Waals surface area contributed by atoms with Gasteiger partial charge in [-0.05, 0) is 28.1 Å². The number of aliphatic carboxylic acids is 1. The number of hydrogen-bond acceptors (Lipinski definition) is 5. The van der Waals surface area contributed by atoms with E-state index in [0.717, 1.165) is 28.9 Å². The van der Waals surface area contributed by atoms with E-state index in [1.807, 2.05) is 28.8 Å². The van der Waals surface area contributed by atoms with Crippen molar-refractivity contribution in [1.29, 1.82) is 0 Å². The number of nitro benzene ring substituents is 1. The van der Waals surface area contributed by atoms with E-state index < -0.39 is 10.9 Å². The van der Waals surface area contributed by atoms with Gasteiger partial charge < -0.3 is 14.8 Å². The number of fused-ring (bicyclic) bond motifs is 1. The van der Waals surface area contributed by atoms with E-state index in [0.29, 0.717) is 30.6 Å². The van der Waals surface area contributed by atoms with Gasteiger partial charge in [-0.15, -0.1) is 0 Å². The highest BCUT2D eigenvalue weighted by Crippen LogP contribution is 2.28. The number of quaternary nitrogens is 1. The molecule has 0 saturated carbocycles. The summed E-state index contributed by atoms with van der Waals surface area (Å²) in [5.41, 5.74) is 3.13. The zero-order valence-electron chi connectivity index (χ0n) is 15.5. The van der Waals surface area contributed by atoms with Crippen LogP contribution >= 0.6 is 15.9 Å². The van der Waals surface area contributed by atoms with Gasteiger partial charge in [-0.1, -0.05) is 12.1 Å². The smallest absolute Gasteiger partial charge is 0.270 e. The third-order valence-corrected chi connectivity index (χ3v) is 5.92. The summed E-state index contributed by atoms with van der Waals surface area (Å²) in [5.74, 6) is -1.36. The number of nitro groups is 1. The van der Waals surface area contributed by atoms with Crippen molar-refractivity contribution in [3.63, 3.8) is 0 Å². The van der Waals surface area contributed by atoms with Gasteiger partial charge in [-0.2, -0.15) is 0 Å². The average molecular weight is 459 g/mol. The van der Waals surface area contributed by atoms with E-state index in [1.165, 1.54) is 17.0 Å². The summed E-state index contributed by atoms with van der Waals surface area (Å²) < 4.78 is 2.90. The fourth-order valence-electron chi connectivity index (χ4n) is 3.91. The van der Waals surface area contributed by atoms with Crippen LogP contribution in [-0.4, -0.2) is 33.4 Å². The number of non-ortho nitro benzene ring substituents is 1. The minimum absolute atomic E-state index is 0.0220. The highest BCUT2D eigenvalue weighted by Gasteiger charge is 2.26. The number of nitrogens with zero attached hydrogens (tertiary/aromatic N) is 3. The second-order valence-corrected chi connectivity index (χ2v) is 8.23. The summed E-state index contributed by atoms with van der Waals surface area (Å²) in [6.07, 6.45) is 3.11. The van der Waals surface area contributed by atoms with E-state index in [1.54, 1.807) is 6.07 Å². The van der Waals surface area contributed by atoms with Gasteiger partial charge in [-0.3, -0.25) is 14.5 Å². The molecular weight excluding hydrogens is 440 g/mol. The Morgan fingerprint density at radius 1 is 1.28 bits per heavy atom. The Balaban J connectivity index is 1.73. The fraction of sp³-hybridized carbons (Fsp3) is 0.300. The SMILES string of the molecule is O=C([O-])C1CC[NH+](Cc2c(-c3cccc([N+](=O)[O-])c3)nc3ccc(Br)cn23)CC1. The van der Waals surface area contributed by atoms with Crippen LogP contribution in [0.4, 0.5) is 5.69 Å². The number of hydrogen-bond donors (Lipinski definition) is 1. The molecule has 1 N–H and O–H groups in total. The molecule has 1 aliphatic rings. The molecule has 3 aromatic rings. The van der Waals surface area contributed by atoms with Gasteiger partial charge in [0.2, 0.25) is 0 Å². The summed E-state index contributed by atoms with van der Waals surface area (Å²) >= 11 is 3.49. The molecule has 9 heteroatoms. The van der Waals surface area contributed by atoms with Crippen LogP contribution in [0, 0.1) is 16.0 Å². The van der Waals surface area contributed by atoms with Crippen molar-refractivity contribution < 1.29 is 19.7 Å². The number of rotatable bonds is 5. The van der Waals surface area contributed by atoms with Crippen molar-refractivity contribution in [2.24, 2.45) is 5.92 Å². The maximum absolute atomic E-state index is 11.2. The normalized spacial score (nSPS) is 19.3. The monoisotopic (exact) mass is 458 g/mol. The fourth-order valence-corrected chi connectivity index (χ4v) is 4.25. The Labute approximate surface area is 175 Å². The minimum atomic E-state index is -0.972. The van der Waals surface area contributed by atoms with Crippen molar-refractivity contribution >= 4 is 33.2 Å². The highest BCUT2D eigenvalue weighted by molar-refractivity contribution is 9.10. The summed E-state index contributed by atoms with van der Waals surface area (Å²) in [7, 11) is 0. The highest BCUT2D eigenvalue weighted by atomic mass is 79.9. The number of nitrogens with one attached hydrogen (secondary N) is 1. The largest absolute Gasteiger partial charge is 0.550 e. The molecule has 8 nitrogen and oxygen atoms in total. The molecule has 0 bridgehead atoms. The maximum Gasteiger partial charge on any atom is 0.270 e. The number of carboxylic acid groups (broad SMARTS) is 1. The van der Waals surface area contributed by atoms with Gasteiger partial charge in [0, 0.05) is 53.1 Å². The van der Waals surface area contributed by atoms with Gasteiger partial charge >= 0.3 is 0 Å². The lowest BCUT2D eigenvalue weighted by Crippen LogP contribution is -3.12. The molecule has 2 aromatic heterocycles. The summed E-state index contributed by atoms with van der Waals surface area (Å²) in [6.45, 7) is 2.11. The number of imidazole rings is 1. The molecule has 1 aromatic carbocycles. The lowest BCUT2D eigenvalue weighted by molar-refractivity contribution is -0.919. The van der Waals surface area contributed by atoms with Crippen molar-refractivity contribution in [2.75, 3.05) is 13.1 Å². The van der Waals surface area contributed by atoms with Crippen LogP contribution < -0.4 is 10.0 Å². The van der Waals surface area contributed by atoms with Gasteiger partial charge in [-0.25, -0.2) is 4.98 Å². The number of halogens is 1. The second-order valence-electron chi connectivity index (χ2n) is 7.31. The maximum atomic E-state index is 11.2. The third-order valence-electron chi connectivity index (χ3n) is 5.46. The van der Waals surface area contributed by atoms with Crippen LogP contribution in [0.25, 0.3) is 16.9 Å². The molecule has 0 unspecified atom stereocenters. The number of carbonyl (C=O) groups is 1. The number of likely N-dealkylation sites (tertiary alicyclic amines) is 1. The van der Waals surface area contributed by atoms with Crippen molar-refractivity contribution in [3.05, 3.63) is 62.9 Å². The molecule has 29 heavy (non-hydrogen) atoms. The number of pyridine rings is 1. The van der Waals surface area contributed by atoms with Crippen molar-refractivity contribution in [3.8, 4) is 11.3 Å². The molecule has 0 atom stereocenters. The second kappa shape index (κ2) is 7.92. The molecule has 1 saturated heterocycles. The first kappa shape index (κ1) is 19.5. The Hall–Kier alpha value is -2.78. The molecule has 4 rings (SSSR count). The lowest BCUT2D eigenvalue weighted by atomic mass is 9.97. The van der Waals surface area contributed by atoms with E-state index >= 15 is 0 Å². The van der Waals surface area contributed by atoms with Crippen LogP contribution in [0.1, 0.15) is 18.5 Å². The summed E-state index contributed by atoms with van der Waals surface area (Å²) in [6, 6.07) is 10.3. The molecule has 1 fully saturated rings. The standard InChI is InChI=1S/C20H19BrN4O4/c21-15-4-5-18-22-19(14-2-1-3-16(10-14)25(28)29)17(24(18)11-15)12-23-8-6-13(7-9-23)20(26)27/h1-5,10-11,13H,6-9,12H2,(H,26,27). The first-order valence-electron chi connectivity index (χ1n) is 9.38. The lowest BCUT2D eigenvalue weighted by Gasteiger charge is -2.29. The van der Waals surface area contributed by atoms with E-state index in [4.69, 9.17) is 4.98 Å². The Bertz CT molecular complexity index is 1090. The van der Waals surface area contributed by atoms with E-state index in [-0.39, 0.29) is 11.6 Å². The number of piperidine rings is 1. The Morgan fingerprint density at radius 2 is 2.03 bits per heavy atom. The zero-order chi connectivity index (χ0) is 20.5. The zero-order valence-corrected chi connectivity index (χ0v) is 17.1. The molecule has 1 aliphatic heterocycles. The van der Waals surface area contributed by atoms with Crippen molar-refractivity contribution in [1.82, 2.24) is 9.38 Å². The van der Waals surface area contributed by atoms with Crippen LogP contribution in [-0.2, 0) is 11.3 Å². The molecular formula is C20H19BrN4O4. The first-order valence-corrected chi connectivity index (χ1v) is 10.2. The van der Waals surface area contributed by atoms with E-state index in [2.05, 4.69) is 15.9 Å². The number of carbonyl (C=O) groups excluding carboxylic acids is 1. The quantitative estimate of drug-likeness (QED) is 0.457. The number of carboxylic acids is 1. The number of aromatic nitrogens is 2. The van der Waals surface area contributed by atoms with Gasteiger partial charge in [0.25, 0.3) is 5.69 Å². The molecule has 0 radical (unpaired) electrons. The van der Waals surface area contributed by atoms with Crippen LogP contribution in [0.15, 0.2) is 47.1 Å². The van der Waals surface area contributed by atoms with Crippen molar-refractivity contribution in [2.45, 2.75) is 19.4 Å². The molecule has 3 heterocycles. The number of benzene rings is 1. The minimum Gasteiger partial charge on any atom is -0.550 e. The predicted molar refractivity (Wildman–Crippen MR) is 107 cm³/mol. The molecule has 0 aliphatic carbocycles.